The van der Waals surface area contributed by atoms with Crippen molar-refractivity contribution in [1.82, 2.24) is 20.2 Å². The van der Waals surface area contributed by atoms with Gasteiger partial charge in [0.2, 0.25) is 11.9 Å². The Balaban J connectivity index is 1.03. The lowest BCUT2D eigenvalue weighted by molar-refractivity contribution is -0.125. The maximum atomic E-state index is 13.1. The summed E-state index contributed by atoms with van der Waals surface area (Å²) in [5, 5.41) is 3.83. The number of imidazole rings is 1. The number of H-pyrrole nitrogens is 1. The fraction of sp³-hybridized carbons (Fsp3) is 0.462. The van der Waals surface area contributed by atoms with Gasteiger partial charge in [-0.1, -0.05) is 11.6 Å². The summed E-state index contributed by atoms with van der Waals surface area (Å²) in [7, 11) is 0. The van der Waals surface area contributed by atoms with Crippen molar-refractivity contribution >= 4 is 40.2 Å². The molecule has 2 saturated heterocycles. The van der Waals surface area contributed by atoms with E-state index in [1.54, 1.807) is 0 Å². The van der Waals surface area contributed by atoms with Gasteiger partial charge in [0.1, 0.15) is 5.82 Å². The van der Waals surface area contributed by atoms with Crippen molar-refractivity contribution in [3.8, 4) is 0 Å². The fourth-order valence-electron chi connectivity index (χ4n) is 5.04. The summed E-state index contributed by atoms with van der Waals surface area (Å²) in [4.78, 5) is 27.8. The van der Waals surface area contributed by atoms with Gasteiger partial charge in [-0.2, -0.15) is 0 Å². The smallest absolute Gasteiger partial charge is 0.224 e. The fourth-order valence-corrected chi connectivity index (χ4v) is 5.21. The molecule has 5 rings (SSSR count). The molecule has 0 saturated carbocycles. The number of anilines is 2. The lowest BCUT2D eigenvalue weighted by Gasteiger charge is -2.36. The second-order valence-electron chi connectivity index (χ2n) is 9.46. The second-order valence-corrected chi connectivity index (χ2v) is 9.89. The molecule has 1 aromatic heterocycles. The number of rotatable bonds is 7. The molecule has 3 heterocycles. The molecule has 2 aromatic carbocycles. The van der Waals surface area contributed by atoms with Gasteiger partial charge in [-0.05, 0) is 68.3 Å². The van der Waals surface area contributed by atoms with E-state index < -0.39 is 0 Å². The lowest BCUT2D eigenvalue weighted by Crippen LogP contribution is -2.47. The highest BCUT2D eigenvalue weighted by atomic mass is 35.5. The molecule has 2 aliphatic heterocycles. The number of aromatic nitrogens is 2. The standard InChI is InChI=1S/C26H32ClFN6O/c27-20-4-9-23-24(17-20)31-26(30-23)34-12-1-3-19(18-34)25(35)29-10-2-11-32-13-15-33(16-14-32)22-7-5-21(28)6-8-22/h4-9,17,19H,1-3,10-16,18H2,(H,29,35)(H,30,31)/t19-/m0/s1. The molecular weight excluding hydrogens is 467 g/mol. The summed E-state index contributed by atoms with van der Waals surface area (Å²) in [6, 6.07) is 12.4. The average molecular weight is 499 g/mol. The Morgan fingerprint density at radius 2 is 1.89 bits per heavy atom. The Kier molecular flexibility index (Phi) is 7.39. The maximum absolute atomic E-state index is 13.1. The number of piperazine rings is 1. The van der Waals surface area contributed by atoms with Crippen molar-refractivity contribution in [3.05, 3.63) is 53.3 Å². The van der Waals surface area contributed by atoms with E-state index in [1.165, 1.54) is 12.1 Å². The van der Waals surface area contributed by atoms with Gasteiger partial charge in [0.05, 0.1) is 17.0 Å². The number of halogens is 2. The first-order valence-corrected chi connectivity index (χ1v) is 12.8. The molecule has 3 aromatic rings. The highest BCUT2D eigenvalue weighted by Crippen LogP contribution is 2.25. The molecule has 1 amide bonds. The number of nitrogens with one attached hydrogen (secondary N) is 2. The second kappa shape index (κ2) is 10.8. The van der Waals surface area contributed by atoms with E-state index in [4.69, 9.17) is 11.6 Å². The van der Waals surface area contributed by atoms with Crippen LogP contribution in [0.15, 0.2) is 42.5 Å². The number of amides is 1. The first-order chi connectivity index (χ1) is 17.0. The van der Waals surface area contributed by atoms with Gasteiger partial charge < -0.3 is 20.1 Å². The molecule has 0 bridgehead atoms. The molecule has 0 spiro atoms. The van der Waals surface area contributed by atoms with Crippen LogP contribution in [0.4, 0.5) is 16.0 Å². The normalized spacial score (nSPS) is 19.3. The zero-order chi connectivity index (χ0) is 24.2. The highest BCUT2D eigenvalue weighted by Gasteiger charge is 2.27. The van der Waals surface area contributed by atoms with Gasteiger partial charge in [-0.25, -0.2) is 9.37 Å². The van der Waals surface area contributed by atoms with Crippen LogP contribution in [0, 0.1) is 11.7 Å². The van der Waals surface area contributed by atoms with E-state index in [0.29, 0.717) is 18.1 Å². The van der Waals surface area contributed by atoms with Gasteiger partial charge in [0.15, 0.2) is 0 Å². The van der Waals surface area contributed by atoms with Crippen LogP contribution in [0.3, 0.4) is 0 Å². The number of carbonyl (C=O) groups is 1. The molecule has 9 heteroatoms. The van der Waals surface area contributed by atoms with Gasteiger partial charge in [-0.3, -0.25) is 9.69 Å². The van der Waals surface area contributed by atoms with Crippen LogP contribution in [-0.4, -0.2) is 73.1 Å². The summed E-state index contributed by atoms with van der Waals surface area (Å²) in [5.74, 6) is 0.713. The number of aromatic amines is 1. The molecule has 186 valence electrons. The van der Waals surface area contributed by atoms with Crippen LogP contribution in [-0.2, 0) is 4.79 Å². The number of piperidine rings is 1. The van der Waals surface area contributed by atoms with Crippen LogP contribution in [0.1, 0.15) is 19.3 Å². The molecule has 1 atom stereocenters. The number of carbonyl (C=O) groups excluding carboxylic acids is 1. The molecule has 7 nitrogen and oxygen atoms in total. The Morgan fingerprint density at radius 1 is 1.09 bits per heavy atom. The Labute approximate surface area is 210 Å². The Morgan fingerprint density at radius 3 is 2.69 bits per heavy atom. The number of hydrogen-bond acceptors (Lipinski definition) is 5. The van der Waals surface area contributed by atoms with E-state index in [1.807, 2.05) is 30.3 Å². The molecule has 2 aliphatic rings. The van der Waals surface area contributed by atoms with Crippen LogP contribution in [0.2, 0.25) is 5.02 Å². The van der Waals surface area contributed by atoms with Crippen molar-refractivity contribution < 1.29 is 9.18 Å². The summed E-state index contributed by atoms with van der Waals surface area (Å²) in [6.45, 7) is 7.05. The molecule has 0 aliphatic carbocycles. The molecule has 0 unspecified atom stereocenters. The SMILES string of the molecule is O=C(NCCCN1CCN(c2ccc(F)cc2)CC1)[C@H]1CCCN(c2nc3ccc(Cl)cc3[nH]2)C1. The van der Waals surface area contributed by atoms with Crippen molar-refractivity contribution in [3.63, 3.8) is 0 Å². The summed E-state index contributed by atoms with van der Waals surface area (Å²) < 4.78 is 13.1. The third kappa shape index (κ3) is 5.87. The Bertz CT molecular complexity index is 1140. The van der Waals surface area contributed by atoms with Gasteiger partial charge in [-0.15, -0.1) is 0 Å². The van der Waals surface area contributed by atoms with Gasteiger partial charge in [0, 0.05) is 56.5 Å². The zero-order valence-corrected chi connectivity index (χ0v) is 20.6. The van der Waals surface area contributed by atoms with Gasteiger partial charge >= 0.3 is 0 Å². The summed E-state index contributed by atoms with van der Waals surface area (Å²) in [5.41, 5.74) is 2.87. The zero-order valence-electron chi connectivity index (χ0n) is 19.9. The largest absolute Gasteiger partial charge is 0.369 e. The topological polar surface area (TPSA) is 67.5 Å². The minimum Gasteiger partial charge on any atom is -0.369 e. The maximum Gasteiger partial charge on any atom is 0.224 e. The van der Waals surface area contributed by atoms with Crippen LogP contribution < -0.4 is 15.1 Å². The molecule has 0 radical (unpaired) electrons. The third-order valence-corrected chi connectivity index (χ3v) is 7.27. The summed E-state index contributed by atoms with van der Waals surface area (Å²) in [6.07, 6.45) is 2.80. The minimum atomic E-state index is -0.199. The number of nitrogens with zero attached hydrogens (tertiary/aromatic N) is 4. The van der Waals surface area contributed by atoms with Crippen molar-refractivity contribution in [2.75, 3.05) is 62.2 Å². The quantitative estimate of drug-likeness (QED) is 0.484. The molecular formula is C26H32ClFN6O. The predicted molar refractivity (Wildman–Crippen MR) is 139 cm³/mol. The van der Waals surface area contributed by atoms with E-state index in [-0.39, 0.29) is 17.6 Å². The Hall–Kier alpha value is -2.84. The monoisotopic (exact) mass is 498 g/mol. The van der Waals surface area contributed by atoms with Crippen molar-refractivity contribution in [2.45, 2.75) is 19.3 Å². The highest BCUT2D eigenvalue weighted by molar-refractivity contribution is 6.31. The lowest BCUT2D eigenvalue weighted by atomic mass is 9.97. The molecule has 35 heavy (non-hydrogen) atoms. The van der Waals surface area contributed by atoms with E-state index >= 15 is 0 Å². The van der Waals surface area contributed by atoms with Crippen LogP contribution in [0.5, 0.6) is 0 Å². The van der Waals surface area contributed by atoms with Crippen LogP contribution in [0.25, 0.3) is 11.0 Å². The van der Waals surface area contributed by atoms with Gasteiger partial charge in [0.25, 0.3) is 0 Å². The first kappa shape index (κ1) is 23.9. The van der Waals surface area contributed by atoms with Crippen LogP contribution >= 0.6 is 11.6 Å². The minimum absolute atomic E-state index is 0.0280. The third-order valence-electron chi connectivity index (χ3n) is 7.04. The number of benzene rings is 2. The molecule has 2 N–H and O–H groups in total. The van der Waals surface area contributed by atoms with Crippen molar-refractivity contribution in [2.24, 2.45) is 5.92 Å². The number of fused-ring (bicyclic) bond motifs is 1. The number of hydrogen-bond donors (Lipinski definition) is 2. The van der Waals surface area contributed by atoms with E-state index in [9.17, 15) is 9.18 Å². The van der Waals surface area contributed by atoms with E-state index in [2.05, 4.69) is 30.0 Å². The predicted octanol–water partition coefficient (Wildman–Crippen LogP) is 3.90. The summed E-state index contributed by atoms with van der Waals surface area (Å²) >= 11 is 6.09. The van der Waals surface area contributed by atoms with E-state index in [0.717, 1.165) is 81.2 Å². The average Bonchev–Trinajstić information content (AvgIpc) is 3.31. The molecule has 2 fully saturated rings. The first-order valence-electron chi connectivity index (χ1n) is 12.5. The van der Waals surface area contributed by atoms with Crippen molar-refractivity contribution in [1.29, 1.82) is 0 Å².